The predicted octanol–water partition coefficient (Wildman–Crippen LogP) is 3.52. The molecule has 3 aromatic carbocycles. The van der Waals surface area contributed by atoms with Gasteiger partial charge in [0, 0.05) is 0 Å². The molecular weight excluding hydrogens is 271 g/mol. The zero-order chi connectivity index (χ0) is 11.8. The van der Waals surface area contributed by atoms with Crippen LogP contribution in [0.5, 0.6) is 0 Å². The van der Waals surface area contributed by atoms with E-state index in [1.165, 1.54) is 27.0 Å². The molecule has 0 radical (unpaired) electrons. The van der Waals surface area contributed by atoms with E-state index in [9.17, 15) is 0 Å². The Labute approximate surface area is 109 Å². The van der Waals surface area contributed by atoms with Crippen molar-refractivity contribution in [2.24, 2.45) is 0 Å². The summed E-state index contributed by atoms with van der Waals surface area (Å²) in [4.78, 5) is 0. The van der Waals surface area contributed by atoms with Crippen LogP contribution in [0.15, 0.2) is 53.0 Å². The molecule has 0 aromatic heterocycles. The van der Waals surface area contributed by atoms with Gasteiger partial charge in [-0.25, -0.2) is 0 Å². The summed E-state index contributed by atoms with van der Waals surface area (Å²) in [5.74, 6) is 0. The maximum atomic E-state index is 3.87. The van der Waals surface area contributed by atoms with Gasteiger partial charge in [-0.05, 0) is 0 Å². The first-order valence-electron chi connectivity index (χ1n) is 5.53. The molecule has 0 aliphatic rings. The quantitative estimate of drug-likeness (QED) is 0.473. The minimum absolute atomic E-state index is 1.14. The van der Waals surface area contributed by atoms with Gasteiger partial charge in [0.15, 0.2) is 0 Å². The van der Waals surface area contributed by atoms with E-state index in [0.29, 0.717) is 0 Å². The van der Waals surface area contributed by atoms with Crippen molar-refractivity contribution in [2.45, 2.75) is 0 Å². The van der Waals surface area contributed by atoms with Gasteiger partial charge in [0.25, 0.3) is 0 Å². The maximum absolute atomic E-state index is 3.87. The third kappa shape index (κ3) is 1.64. The van der Waals surface area contributed by atoms with Crippen LogP contribution in [-0.4, -0.2) is 13.4 Å². The van der Waals surface area contributed by atoms with E-state index < -0.39 is 0 Å². The Morgan fingerprint density at radius 1 is 0.765 bits per heavy atom. The molecule has 0 atom stereocenters. The van der Waals surface area contributed by atoms with Crippen molar-refractivity contribution in [3.05, 3.63) is 53.0 Å². The van der Waals surface area contributed by atoms with Crippen molar-refractivity contribution in [2.75, 3.05) is 0 Å². The van der Waals surface area contributed by atoms with E-state index >= 15 is 0 Å². The number of halogens is 1. The normalized spacial score (nSPS) is 10.6. The number of benzene rings is 3. The molecule has 0 nitrogen and oxygen atoms in total. The van der Waals surface area contributed by atoms with Gasteiger partial charge in [-0.15, -0.1) is 0 Å². The summed E-state index contributed by atoms with van der Waals surface area (Å²) < 4.78 is 1.14. The fourth-order valence-electron chi connectivity index (χ4n) is 2.29. The predicted molar refractivity (Wildman–Crippen MR) is 81.7 cm³/mol. The van der Waals surface area contributed by atoms with Gasteiger partial charge in [0.1, 0.15) is 0 Å². The monoisotopic (exact) mass is 280 g/mol. The zero-order valence-electron chi connectivity index (χ0n) is 9.28. The van der Waals surface area contributed by atoms with E-state index in [0.717, 1.165) is 4.47 Å². The molecule has 0 heterocycles. The number of rotatable bonds is 1. The summed E-state index contributed by atoms with van der Waals surface area (Å²) in [5, 5.41) is 5.07. The molecule has 80 valence electrons. The molecule has 0 bridgehead atoms. The van der Waals surface area contributed by atoms with Crippen LogP contribution >= 0.6 is 15.9 Å². The average molecular weight is 281 g/mol. The van der Waals surface area contributed by atoms with Crippen molar-refractivity contribution >= 4 is 56.3 Å². The molecule has 0 amide bonds. The van der Waals surface area contributed by atoms with E-state index in [-0.39, 0.29) is 0 Å². The van der Waals surface area contributed by atoms with Crippen molar-refractivity contribution in [3.63, 3.8) is 0 Å². The molecule has 0 saturated heterocycles. The molecule has 0 aliphatic heterocycles. The van der Waals surface area contributed by atoms with Crippen LogP contribution in [0.2, 0.25) is 0 Å². The molecule has 0 unspecified atom stereocenters. The van der Waals surface area contributed by atoms with Crippen molar-refractivity contribution < 1.29 is 0 Å². The summed E-state index contributed by atoms with van der Waals surface area (Å²) in [6, 6.07) is 17.0. The summed E-state index contributed by atoms with van der Waals surface area (Å²) in [7, 11) is 0. The van der Waals surface area contributed by atoms with E-state index in [4.69, 9.17) is 0 Å². The standard InChI is InChI=1S/C15H10BBr/c1-16-14-6-2-4-10-11-5-3-7-15(17)13(11)9-8-12(10)14/h2-9H,1H2. The molecule has 0 fully saturated rings. The Hall–Kier alpha value is -1.41. The first-order valence-corrected chi connectivity index (χ1v) is 6.33. The van der Waals surface area contributed by atoms with Gasteiger partial charge >= 0.3 is 109 Å². The number of hydrogen-bond acceptors (Lipinski definition) is 0. The summed E-state index contributed by atoms with van der Waals surface area (Å²) >= 11 is 3.60. The number of fused-ring (bicyclic) bond motifs is 3. The SMILES string of the molecule is C=Bc1cccc2c1ccc1c(Br)cccc12. The fraction of sp³-hybridized carbons (Fsp3) is 0. The Bertz CT molecular complexity index is 731. The second kappa shape index (κ2) is 4.12. The van der Waals surface area contributed by atoms with Gasteiger partial charge in [0.2, 0.25) is 0 Å². The van der Waals surface area contributed by atoms with Crippen LogP contribution < -0.4 is 5.46 Å². The molecule has 2 heteroatoms. The zero-order valence-corrected chi connectivity index (χ0v) is 10.9. The molecular formula is C15H10BBr. The first kappa shape index (κ1) is 10.7. The molecule has 0 spiro atoms. The van der Waals surface area contributed by atoms with Crippen LogP contribution in [0.1, 0.15) is 0 Å². The van der Waals surface area contributed by atoms with Crippen LogP contribution in [0.3, 0.4) is 0 Å². The van der Waals surface area contributed by atoms with Gasteiger partial charge in [-0.3, -0.25) is 0 Å². The third-order valence-electron chi connectivity index (χ3n) is 3.12. The Morgan fingerprint density at radius 2 is 1.41 bits per heavy atom. The molecule has 0 N–H and O–H groups in total. The average Bonchev–Trinajstić information content (AvgIpc) is 2.38. The minimum atomic E-state index is 1.14. The first-order chi connectivity index (χ1) is 8.31. The Kier molecular flexibility index (Phi) is 2.60. The van der Waals surface area contributed by atoms with Crippen molar-refractivity contribution in [1.29, 1.82) is 0 Å². The second-order valence-corrected chi connectivity index (χ2v) is 4.90. The fourth-order valence-corrected chi connectivity index (χ4v) is 2.79. The van der Waals surface area contributed by atoms with E-state index in [1.807, 2.05) is 6.92 Å². The van der Waals surface area contributed by atoms with E-state index in [2.05, 4.69) is 70.9 Å². The summed E-state index contributed by atoms with van der Waals surface area (Å²) in [6.07, 6.45) is 0. The van der Waals surface area contributed by atoms with Gasteiger partial charge in [0.05, 0.1) is 0 Å². The van der Waals surface area contributed by atoms with Crippen molar-refractivity contribution in [1.82, 2.24) is 0 Å². The van der Waals surface area contributed by atoms with Gasteiger partial charge in [-0.1, -0.05) is 0 Å². The van der Waals surface area contributed by atoms with Crippen LogP contribution in [0, 0.1) is 0 Å². The van der Waals surface area contributed by atoms with Crippen LogP contribution in [-0.2, 0) is 0 Å². The molecule has 17 heavy (non-hydrogen) atoms. The van der Waals surface area contributed by atoms with Crippen LogP contribution in [0.4, 0.5) is 0 Å². The molecule has 0 aliphatic carbocycles. The molecule has 3 rings (SSSR count). The van der Waals surface area contributed by atoms with Crippen molar-refractivity contribution in [3.8, 4) is 0 Å². The topological polar surface area (TPSA) is 0 Å². The Morgan fingerprint density at radius 3 is 2.18 bits per heavy atom. The molecule has 0 saturated carbocycles. The third-order valence-corrected chi connectivity index (χ3v) is 3.81. The number of hydrogen-bond donors (Lipinski definition) is 0. The Balaban J connectivity index is 2.57. The van der Waals surface area contributed by atoms with Gasteiger partial charge in [-0.2, -0.15) is 0 Å². The van der Waals surface area contributed by atoms with E-state index in [1.54, 1.807) is 0 Å². The van der Waals surface area contributed by atoms with Crippen LogP contribution in [0.25, 0.3) is 21.5 Å². The summed E-state index contributed by atoms with van der Waals surface area (Å²) in [5.41, 5.74) is 1.18. The summed E-state index contributed by atoms with van der Waals surface area (Å²) in [6.45, 7) is 5.78. The molecule has 3 aromatic rings. The second-order valence-electron chi connectivity index (χ2n) is 4.05. The van der Waals surface area contributed by atoms with Gasteiger partial charge < -0.3 is 0 Å².